The molecule has 3 rings (SSSR count). The molecule has 5 nitrogen and oxygen atoms in total. The number of likely N-dealkylation sites (tertiary alicyclic amines) is 1. The average Bonchev–Trinajstić information content (AvgIpc) is 2.99. The molecule has 1 saturated heterocycles. The molecule has 1 aromatic heterocycles. The van der Waals surface area contributed by atoms with E-state index in [0.717, 1.165) is 39.0 Å². The largest absolute Gasteiger partial charge is 0.478 e. The molecule has 1 aliphatic rings. The fourth-order valence-corrected chi connectivity index (χ4v) is 3.29. The lowest BCUT2D eigenvalue weighted by Crippen LogP contribution is -2.36. The number of rotatable bonds is 5. The van der Waals surface area contributed by atoms with Crippen molar-refractivity contribution in [2.45, 2.75) is 25.3 Å². The Kier molecular flexibility index (Phi) is 4.98. The number of aromatic nitrogens is 2. The van der Waals surface area contributed by atoms with E-state index in [4.69, 9.17) is 16.7 Å². The molecule has 1 aliphatic heterocycles. The molecule has 0 bridgehead atoms. The second-order valence-electron chi connectivity index (χ2n) is 5.99. The van der Waals surface area contributed by atoms with Gasteiger partial charge in [-0.15, -0.1) is 0 Å². The highest BCUT2D eigenvalue weighted by molar-refractivity contribution is 6.30. The lowest BCUT2D eigenvalue weighted by atomic mass is 9.90. The number of hydrogen-bond acceptors (Lipinski definition) is 3. The minimum Gasteiger partial charge on any atom is -0.478 e. The number of carboxylic acids is 1. The van der Waals surface area contributed by atoms with Gasteiger partial charge in [0.2, 0.25) is 0 Å². The van der Waals surface area contributed by atoms with Crippen LogP contribution in [-0.2, 0) is 6.54 Å². The summed E-state index contributed by atoms with van der Waals surface area (Å²) in [6, 6.07) is 7.29. The summed E-state index contributed by atoms with van der Waals surface area (Å²) >= 11 is 5.88. The van der Waals surface area contributed by atoms with Crippen LogP contribution >= 0.6 is 11.6 Å². The zero-order valence-corrected chi connectivity index (χ0v) is 13.6. The Hall–Kier alpha value is -1.85. The Bertz CT molecular complexity index is 669. The summed E-state index contributed by atoms with van der Waals surface area (Å²) < 4.78 is 1.87. The van der Waals surface area contributed by atoms with Crippen molar-refractivity contribution in [1.82, 2.24) is 14.7 Å². The normalized spacial score (nSPS) is 18.9. The highest BCUT2D eigenvalue weighted by atomic mass is 35.5. The summed E-state index contributed by atoms with van der Waals surface area (Å²) in [7, 11) is 0. The lowest BCUT2D eigenvalue weighted by Gasteiger charge is -2.33. The van der Waals surface area contributed by atoms with Gasteiger partial charge in [0.05, 0.1) is 23.3 Å². The summed E-state index contributed by atoms with van der Waals surface area (Å²) in [6.07, 6.45) is 5.81. The van der Waals surface area contributed by atoms with Gasteiger partial charge in [0.1, 0.15) is 0 Å². The number of piperidine rings is 1. The Labute approximate surface area is 140 Å². The van der Waals surface area contributed by atoms with Crippen LogP contribution in [0.25, 0.3) is 0 Å². The van der Waals surface area contributed by atoms with E-state index in [9.17, 15) is 4.79 Å². The fourth-order valence-electron chi connectivity index (χ4n) is 3.13. The SMILES string of the molecule is O=C(O)c1ccc([C@@H]2CCCN(CCn3cc(Cl)cn3)C2)cc1. The fraction of sp³-hybridized carbons (Fsp3) is 0.412. The van der Waals surface area contributed by atoms with Gasteiger partial charge in [-0.3, -0.25) is 4.68 Å². The van der Waals surface area contributed by atoms with Crippen molar-refractivity contribution in [3.63, 3.8) is 0 Å². The Morgan fingerprint density at radius 1 is 1.30 bits per heavy atom. The van der Waals surface area contributed by atoms with Gasteiger partial charge >= 0.3 is 5.97 Å². The third kappa shape index (κ3) is 4.12. The van der Waals surface area contributed by atoms with Crippen LogP contribution in [0.2, 0.25) is 5.02 Å². The molecule has 1 atom stereocenters. The number of hydrogen-bond donors (Lipinski definition) is 1. The van der Waals surface area contributed by atoms with Crippen molar-refractivity contribution in [2.75, 3.05) is 19.6 Å². The summed E-state index contributed by atoms with van der Waals surface area (Å²) in [6.45, 7) is 3.87. The number of aromatic carboxylic acids is 1. The van der Waals surface area contributed by atoms with Crippen molar-refractivity contribution in [2.24, 2.45) is 0 Å². The molecule has 2 heterocycles. The van der Waals surface area contributed by atoms with E-state index in [1.807, 2.05) is 23.0 Å². The van der Waals surface area contributed by atoms with Crippen LogP contribution in [0, 0.1) is 0 Å². The molecule has 0 radical (unpaired) electrons. The highest BCUT2D eigenvalue weighted by Crippen LogP contribution is 2.27. The molecule has 0 unspecified atom stereocenters. The summed E-state index contributed by atoms with van der Waals surface area (Å²) in [5.74, 6) is -0.410. The van der Waals surface area contributed by atoms with Gasteiger partial charge in [0, 0.05) is 19.3 Å². The quantitative estimate of drug-likeness (QED) is 0.913. The van der Waals surface area contributed by atoms with Gasteiger partial charge in [0.15, 0.2) is 0 Å². The van der Waals surface area contributed by atoms with E-state index in [1.165, 1.54) is 5.56 Å². The first kappa shape index (κ1) is 16.0. The zero-order valence-electron chi connectivity index (χ0n) is 12.9. The van der Waals surface area contributed by atoms with Crippen molar-refractivity contribution in [3.8, 4) is 0 Å². The van der Waals surface area contributed by atoms with E-state index in [1.54, 1.807) is 18.3 Å². The molecule has 6 heteroatoms. The number of nitrogens with zero attached hydrogens (tertiary/aromatic N) is 3. The van der Waals surface area contributed by atoms with Gasteiger partial charge in [-0.2, -0.15) is 5.10 Å². The van der Waals surface area contributed by atoms with Crippen LogP contribution in [0.15, 0.2) is 36.7 Å². The molecule has 1 aromatic carbocycles. The molecule has 0 spiro atoms. The van der Waals surface area contributed by atoms with E-state index in [2.05, 4.69) is 10.00 Å². The molecule has 1 N–H and O–H groups in total. The topological polar surface area (TPSA) is 58.4 Å². The maximum Gasteiger partial charge on any atom is 0.335 e. The first-order valence-corrected chi connectivity index (χ1v) is 8.23. The van der Waals surface area contributed by atoms with Crippen molar-refractivity contribution in [1.29, 1.82) is 0 Å². The van der Waals surface area contributed by atoms with Gasteiger partial charge in [-0.1, -0.05) is 23.7 Å². The maximum atomic E-state index is 10.9. The summed E-state index contributed by atoms with van der Waals surface area (Å²) in [5, 5.41) is 13.9. The molecule has 0 saturated carbocycles. The third-order valence-corrected chi connectivity index (χ3v) is 4.58. The van der Waals surface area contributed by atoms with Crippen molar-refractivity contribution >= 4 is 17.6 Å². The number of benzene rings is 1. The second kappa shape index (κ2) is 7.15. The molecule has 0 aliphatic carbocycles. The van der Waals surface area contributed by atoms with Crippen molar-refractivity contribution in [3.05, 3.63) is 52.8 Å². The smallest absolute Gasteiger partial charge is 0.335 e. The lowest BCUT2D eigenvalue weighted by molar-refractivity contribution is 0.0697. The molecule has 23 heavy (non-hydrogen) atoms. The first-order valence-electron chi connectivity index (χ1n) is 7.85. The molecule has 2 aromatic rings. The van der Waals surface area contributed by atoms with E-state index in [0.29, 0.717) is 16.5 Å². The van der Waals surface area contributed by atoms with E-state index < -0.39 is 5.97 Å². The second-order valence-corrected chi connectivity index (χ2v) is 6.42. The van der Waals surface area contributed by atoms with E-state index >= 15 is 0 Å². The van der Waals surface area contributed by atoms with Crippen LogP contribution in [0.3, 0.4) is 0 Å². The molecule has 1 fully saturated rings. The Balaban J connectivity index is 1.58. The third-order valence-electron chi connectivity index (χ3n) is 4.38. The van der Waals surface area contributed by atoms with Crippen molar-refractivity contribution < 1.29 is 9.90 Å². The first-order chi connectivity index (χ1) is 11.1. The summed E-state index contributed by atoms with van der Waals surface area (Å²) in [4.78, 5) is 13.4. The van der Waals surface area contributed by atoms with Crippen LogP contribution in [0.5, 0.6) is 0 Å². The summed E-state index contributed by atoms with van der Waals surface area (Å²) in [5.41, 5.74) is 1.57. The standard InChI is InChI=1S/C17H20ClN3O2/c18-16-10-19-21(12-16)9-8-20-7-1-2-15(11-20)13-3-5-14(6-4-13)17(22)23/h3-6,10,12,15H,1-2,7-9,11H2,(H,22,23)/t15-/m1/s1. The predicted molar refractivity (Wildman–Crippen MR) is 89.1 cm³/mol. The predicted octanol–water partition coefficient (Wildman–Crippen LogP) is 3.11. The van der Waals surface area contributed by atoms with Gasteiger partial charge in [-0.05, 0) is 43.0 Å². The number of halogens is 1. The van der Waals surface area contributed by atoms with Gasteiger partial charge < -0.3 is 10.0 Å². The Morgan fingerprint density at radius 2 is 2.09 bits per heavy atom. The Morgan fingerprint density at radius 3 is 2.74 bits per heavy atom. The van der Waals surface area contributed by atoms with Crippen LogP contribution < -0.4 is 0 Å². The number of carboxylic acid groups (broad SMARTS) is 1. The minimum absolute atomic E-state index is 0.344. The maximum absolute atomic E-state index is 10.9. The van der Waals surface area contributed by atoms with Crippen LogP contribution in [-0.4, -0.2) is 45.4 Å². The molecule has 122 valence electrons. The minimum atomic E-state index is -0.875. The zero-order chi connectivity index (χ0) is 16.2. The molecular weight excluding hydrogens is 314 g/mol. The van der Waals surface area contributed by atoms with Gasteiger partial charge in [-0.25, -0.2) is 4.79 Å². The van der Waals surface area contributed by atoms with Gasteiger partial charge in [0.25, 0.3) is 0 Å². The monoisotopic (exact) mass is 333 g/mol. The molecule has 0 amide bonds. The van der Waals surface area contributed by atoms with Crippen LogP contribution in [0.1, 0.15) is 34.7 Å². The van der Waals surface area contributed by atoms with E-state index in [-0.39, 0.29) is 0 Å². The van der Waals surface area contributed by atoms with Crippen LogP contribution in [0.4, 0.5) is 0 Å². The number of carbonyl (C=O) groups is 1. The highest BCUT2D eigenvalue weighted by Gasteiger charge is 2.21. The molecular formula is C17H20ClN3O2. The average molecular weight is 334 g/mol.